The molecule has 68 valence electrons. The third kappa shape index (κ3) is 3.52. The first-order valence-corrected chi connectivity index (χ1v) is 4.22. The minimum Gasteiger partial charge on any atom is -0.411 e. The Morgan fingerprint density at radius 2 is 2.33 bits per heavy atom. The van der Waals surface area contributed by atoms with Gasteiger partial charge in [-0.05, 0) is 22.9 Å². The molecule has 12 heavy (non-hydrogen) atoms. The number of hydrogen-bond acceptors (Lipinski definition) is 3. The standard InChI is InChI=1S/C7H12BrN3O/c1-4-9-7(5-10-12)11(3)6(2)8/h5,12H,2,4H2,1,3H3/b9-7?,10-5+. The van der Waals surface area contributed by atoms with Gasteiger partial charge in [-0.15, -0.1) is 0 Å². The summed E-state index contributed by atoms with van der Waals surface area (Å²) in [7, 11) is 1.77. The predicted molar refractivity (Wildman–Crippen MR) is 54.1 cm³/mol. The van der Waals surface area contributed by atoms with E-state index in [1.165, 1.54) is 6.21 Å². The summed E-state index contributed by atoms with van der Waals surface area (Å²) in [6.07, 6.45) is 1.26. The van der Waals surface area contributed by atoms with Gasteiger partial charge in [0, 0.05) is 13.6 Å². The SMILES string of the molecule is C=C(Br)N(C)C(/C=N/O)=NCC. The van der Waals surface area contributed by atoms with E-state index in [0.717, 1.165) is 0 Å². The van der Waals surface area contributed by atoms with Crippen molar-refractivity contribution in [1.82, 2.24) is 4.90 Å². The van der Waals surface area contributed by atoms with E-state index in [0.29, 0.717) is 17.0 Å². The van der Waals surface area contributed by atoms with Gasteiger partial charge in [-0.2, -0.15) is 0 Å². The lowest BCUT2D eigenvalue weighted by atomic mass is 10.5. The molecule has 4 nitrogen and oxygen atoms in total. The van der Waals surface area contributed by atoms with Gasteiger partial charge in [0.05, 0.1) is 4.61 Å². The van der Waals surface area contributed by atoms with E-state index in [9.17, 15) is 0 Å². The van der Waals surface area contributed by atoms with Crippen molar-refractivity contribution in [1.29, 1.82) is 0 Å². The van der Waals surface area contributed by atoms with Crippen LogP contribution >= 0.6 is 15.9 Å². The third-order valence-electron chi connectivity index (χ3n) is 1.20. The van der Waals surface area contributed by atoms with Crippen LogP contribution in [0.15, 0.2) is 21.3 Å². The smallest absolute Gasteiger partial charge is 0.150 e. The van der Waals surface area contributed by atoms with Gasteiger partial charge in [-0.3, -0.25) is 4.99 Å². The Morgan fingerprint density at radius 3 is 2.67 bits per heavy atom. The zero-order valence-corrected chi connectivity index (χ0v) is 8.74. The highest BCUT2D eigenvalue weighted by molar-refractivity contribution is 9.11. The van der Waals surface area contributed by atoms with Crippen molar-refractivity contribution in [2.75, 3.05) is 13.6 Å². The molecular weight excluding hydrogens is 222 g/mol. The van der Waals surface area contributed by atoms with Crippen LogP contribution in [0.4, 0.5) is 0 Å². The quantitative estimate of drug-likeness (QED) is 0.265. The van der Waals surface area contributed by atoms with Crippen molar-refractivity contribution < 1.29 is 5.21 Å². The fourth-order valence-corrected chi connectivity index (χ4v) is 0.753. The second-order valence-corrected chi connectivity index (χ2v) is 2.93. The fraction of sp³-hybridized carbons (Fsp3) is 0.429. The van der Waals surface area contributed by atoms with Crippen LogP contribution in [0.5, 0.6) is 0 Å². The lowest BCUT2D eigenvalue weighted by molar-refractivity contribution is 0.322. The van der Waals surface area contributed by atoms with Crippen molar-refractivity contribution in [3.05, 3.63) is 11.2 Å². The van der Waals surface area contributed by atoms with Gasteiger partial charge in [0.1, 0.15) is 12.1 Å². The number of hydrogen-bond donors (Lipinski definition) is 1. The van der Waals surface area contributed by atoms with Crippen molar-refractivity contribution in [3.8, 4) is 0 Å². The second-order valence-electron chi connectivity index (χ2n) is 2.01. The topological polar surface area (TPSA) is 48.2 Å². The summed E-state index contributed by atoms with van der Waals surface area (Å²) in [4.78, 5) is 5.75. The monoisotopic (exact) mass is 233 g/mol. The van der Waals surface area contributed by atoms with Crippen molar-refractivity contribution in [3.63, 3.8) is 0 Å². The minimum absolute atomic E-state index is 0.557. The molecule has 0 saturated heterocycles. The molecule has 0 rings (SSSR count). The molecule has 1 N–H and O–H groups in total. The summed E-state index contributed by atoms with van der Waals surface area (Å²) in [6, 6.07) is 0. The molecule has 0 atom stereocenters. The molecule has 0 aliphatic carbocycles. The van der Waals surface area contributed by atoms with Crippen molar-refractivity contribution >= 4 is 28.0 Å². The second kappa shape index (κ2) is 5.77. The Hall–Kier alpha value is -0.840. The number of rotatable bonds is 3. The normalized spacial score (nSPS) is 12.1. The Bertz CT molecular complexity index is 213. The molecule has 0 aliphatic heterocycles. The first kappa shape index (κ1) is 11.2. The first-order chi connectivity index (χ1) is 5.63. The Kier molecular flexibility index (Phi) is 5.36. The van der Waals surface area contributed by atoms with Crippen LogP contribution in [0.25, 0.3) is 0 Å². The molecule has 0 spiro atoms. The van der Waals surface area contributed by atoms with Crippen molar-refractivity contribution in [2.45, 2.75) is 6.92 Å². The maximum atomic E-state index is 8.31. The molecule has 5 heteroatoms. The van der Waals surface area contributed by atoms with E-state index in [2.05, 4.69) is 32.7 Å². The number of oxime groups is 1. The zero-order chi connectivity index (χ0) is 9.56. The molecule has 0 aliphatic rings. The maximum absolute atomic E-state index is 8.31. The number of aliphatic imine (C=N–C) groups is 1. The highest BCUT2D eigenvalue weighted by Crippen LogP contribution is 2.06. The summed E-state index contributed by atoms with van der Waals surface area (Å²) >= 11 is 3.19. The Labute approximate surface area is 80.4 Å². The van der Waals surface area contributed by atoms with Crippen molar-refractivity contribution in [2.24, 2.45) is 10.1 Å². The third-order valence-corrected chi connectivity index (χ3v) is 1.73. The van der Waals surface area contributed by atoms with Gasteiger partial charge in [0.2, 0.25) is 0 Å². The molecule has 0 unspecified atom stereocenters. The average Bonchev–Trinajstić information content (AvgIpc) is 2.03. The molecule has 0 fully saturated rings. The van der Waals surface area contributed by atoms with Crippen LogP contribution in [0.2, 0.25) is 0 Å². The van der Waals surface area contributed by atoms with Gasteiger partial charge in [0.25, 0.3) is 0 Å². The summed E-state index contributed by atoms with van der Waals surface area (Å²) in [5.74, 6) is 0.557. The number of halogens is 1. The number of nitrogens with zero attached hydrogens (tertiary/aromatic N) is 3. The highest BCUT2D eigenvalue weighted by Gasteiger charge is 2.04. The van der Waals surface area contributed by atoms with E-state index in [1.54, 1.807) is 11.9 Å². The molecule has 0 saturated carbocycles. The molecule has 0 radical (unpaired) electrons. The van der Waals surface area contributed by atoms with Gasteiger partial charge < -0.3 is 10.1 Å². The first-order valence-electron chi connectivity index (χ1n) is 3.43. The van der Waals surface area contributed by atoms with E-state index in [-0.39, 0.29) is 0 Å². The molecule has 0 amide bonds. The fourth-order valence-electron chi connectivity index (χ4n) is 0.571. The van der Waals surface area contributed by atoms with Crippen LogP contribution in [0.1, 0.15) is 6.92 Å². The molecule has 0 aromatic carbocycles. The molecule has 0 aromatic heterocycles. The molecular formula is C7H12BrN3O. The summed E-state index contributed by atoms with van der Waals surface area (Å²) in [6.45, 7) is 6.19. The summed E-state index contributed by atoms with van der Waals surface area (Å²) < 4.78 is 0.662. The van der Waals surface area contributed by atoms with Gasteiger partial charge in [0.15, 0.2) is 0 Å². The van der Waals surface area contributed by atoms with Crippen LogP contribution in [0, 0.1) is 0 Å². The van der Waals surface area contributed by atoms with Gasteiger partial charge >= 0.3 is 0 Å². The molecule has 0 bridgehead atoms. The lowest BCUT2D eigenvalue weighted by Gasteiger charge is -2.15. The summed E-state index contributed by atoms with van der Waals surface area (Å²) in [5.41, 5.74) is 0. The van der Waals surface area contributed by atoms with Gasteiger partial charge in [-0.1, -0.05) is 11.7 Å². The highest BCUT2D eigenvalue weighted by atomic mass is 79.9. The Balaban J connectivity index is 4.51. The largest absolute Gasteiger partial charge is 0.411 e. The average molecular weight is 234 g/mol. The molecule has 0 aromatic rings. The molecule has 0 heterocycles. The summed E-state index contributed by atoms with van der Waals surface area (Å²) in [5, 5.41) is 11.2. The predicted octanol–water partition coefficient (Wildman–Crippen LogP) is 1.66. The maximum Gasteiger partial charge on any atom is 0.150 e. The zero-order valence-electron chi connectivity index (χ0n) is 7.16. The number of amidine groups is 1. The van der Waals surface area contributed by atoms with E-state index in [1.807, 2.05) is 6.92 Å². The van der Waals surface area contributed by atoms with E-state index >= 15 is 0 Å². The van der Waals surface area contributed by atoms with Crippen LogP contribution in [-0.4, -0.2) is 35.7 Å². The van der Waals surface area contributed by atoms with Gasteiger partial charge in [-0.25, -0.2) is 0 Å². The minimum atomic E-state index is 0.557. The van der Waals surface area contributed by atoms with E-state index in [4.69, 9.17) is 5.21 Å². The van der Waals surface area contributed by atoms with Crippen LogP contribution < -0.4 is 0 Å². The van der Waals surface area contributed by atoms with E-state index < -0.39 is 0 Å². The van der Waals surface area contributed by atoms with Crippen LogP contribution in [0.3, 0.4) is 0 Å². The Morgan fingerprint density at radius 1 is 1.75 bits per heavy atom. The lowest BCUT2D eigenvalue weighted by Crippen LogP contribution is -2.25. The van der Waals surface area contributed by atoms with Crippen LogP contribution in [-0.2, 0) is 0 Å².